The minimum Gasteiger partial charge on any atom is -0.478 e. The molecule has 0 radical (unpaired) electrons. The lowest BCUT2D eigenvalue weighted by Gasteiger charge is -2.04. The van der Waals surface area contributed by atoms with Crippen LogP contribution in [0.25, 0.3) is 0 Å². The van der Waals surface area contributed by atoms with Crippen molar-refractivity contribution in [1.82, 2.24) is 9.97 Å². The Labute approximate surface area is 102 Å². The molecule has 1 N–H and O–H groups in total. The van der Waals surface area contributed by atoms with Crippen LogP contribution in [-0.4, -0.2) is 21.0 Å². The van der Waals surface area contributed by atoms with Crippen LogP contribution in [0.4, 0.5) is 0 Å². The summed E-state index contributed by atoms with van der Waals surface area (Å²) in [5.74, 6) is -0.550. The van der Waals surface area contributed by atoms with Gasteiger partial charge in [-0.2, -0.15) is 5.26 Å². The summed E-state index contributed by atoms with van der Waals surface area (Å²) in [6.45, 7) is 0. The normalized spacial score (nSPS) is 9.50. The van der Waals surface area contributed by atoms with Gasteiger partial charge in [-0.15, -0.1) is 0 Å². The average Bonchev–Trinajstić information content (AvgIpc) is 2.40. The topological polar surface area (TPSA) is 96.1 Å². The molecule has 0 atom stereocenters. The fraction of sp³-hybridized carbons (Fsp3) is 0. The number of rotatable bonds is 3. The standard InChI is InChI=1S/C12H7N3O3/c13-4-8-1-2-11(15-5-8)18-10-3-9(12(16)17)6-14-7-10/h1-3,5-7H,(H,16,17). The van der Waals surface area contributed by atoms with Crippen molar-refractivity contribution in [1.29, 1.82) is 5.26 Å². The third kappa shape index (κ3) is 2.59. The summed E-state index contributed by atoms with van der Waals surface area (Å²) >= 11 is 0. The smallest absolute Gasteiger partial charge is 0.337 e. The van der Waals surface area contributed by atoms with Crippen LogP contribution in [-0.2, 0) is 0 Å². The molecule has 2 rings (SSSR count). The number of carboxylic acid groups (broad SMARTS) is 1. The molecule has 0 saturated carbocycles. The second-order valence-corrected chi connectivity index (χ2v) is 3.31. The van der Waals surface area contributed by atoms with Crippen molar-refractivity contribution in [3.8, 4) is 17.7 Å². The highest BCUT2D eigenvalue weighted by molar-refractivity contribution is 5.87. The van der Waals surface area contributed by atoms with Crippen molar-refractivity contribution >= 4 is 5.97 Å². The van der Waals surface area contributed by atoms with E-state index in [1.807, 2.05) is 6.07 Å². The number of aromatic carboxylic acids is 1. The molecular formula is C12H7N3O3. The fourth-order valence-corrected chi connectivity index (χ4v) is 1.22. The Morgan fingerprint density at radius 2 is 2.17 bits per heavy atom. The van der Waals surface area contributed by atoms with Gasteiger partial charge in [-0.1, -0.05) is 0 Å². The molecule has 6 nitrogen and oxygen atoms in total. The molecule has 0 bridgehead atoms. The molecule has 2 aromatic rings. The maximum atomic E-state index is 10.7. The SMILES string of the molecule is N#Cc1ccc(Oc2cncc(C(=O)O)c2)nc1. The molecule has 0 unspecified atom stereocenters. The Morgan fingerprint density at radius 3 is 2.78 bits per heavy atom. The summed E-state index contributed by atoms with van der Waals surface area (Å²) in [5.41, 5.74) is 0.445. The first kappa shape index (κ1) is 11.5. The van der Waals surface area contributed by atoms with E-state index in [4.69, 9.17) is 15.1 Å². The Balaban J connectivity index is 2.20. The number of hydrogen-bond acceptors (Lipinski definition) is 5. The van der Waals surface area contributed by atoms with Crippen LogP contribution in [0.15, 0.2) is 36.8 Å². The summed E-state index contributed by atoms with van der Waals surface area (Å²) in [4.78, 5) is 18.4. The molecule has 18 heavy (non-hydrogen) atoms. The molecule has 0 aliphatic carbocycles. The van der Waals surface area contributed by atoms with Crippen molar-refractivity contribution in [3.63, 3.8) is 0 Å². The third-order valence-electron chi connectivity index (χ3n) is 2.05. The zero-order valence-corrected chi connectivity index (χ0v) is 9.07. The molecular weight excluding hydrogens is 234 g/mol. The number of hydrogen-bond donors (Lipinski definition) is 1. The fourth-order valence-electron chi connectivity index (χ4n) is 1.22. The zero-order chi connectivity index (χ0) is 13.0. The highest BCUT2D eigenvalue weighted by Gasteiger charge is 2.06. The van der Waals surface area contributed by atoms with Crippen molar-refractivity contribution in [2.24, 2.45) is 0 Å². The van der Waals surface area contributed by atoms with Gasteiger partial charge in [0.15, 0.2) is 0 Å². The first-order valence-corrected chi connectivity index (χ1v) is 4.91. The van der Waals surface area contributed by atoms with Crippen LogP contribution in [0.5, 0.6) is 11.6 Å². The Bertz CT molecular complexity index is 617. The van der Waals surface area contributed by atoms with Gasteiger partial charge in [0.25, 0.3) is 0 Å². The van der Waals surface area contributed by atoms with Gasteiger partial charge in [0.1, 0.15) is 11.8 Å². The summed E-state index contributed by atoms with van der Waals surface area (Å²) in [6, 6.07) is 6.35. The van der Waals surface area contributed by atoms with Gasteiger partial charge in [-0.25, -0.2) is 9.78 Å². The van der Waals surface area contributed by atoms with Crippen molar-refractivity contribution in [2.75, 3.05) is 0 Å². The monoisotopic (exact) mass is 241 g/mol. The van der Waals surface area contributed by atoms with Gasteiger partial charge >= 0.3 is 5.97 Å². The Kier molecular flexibility index (Phi) is 3.16. The van der Waals surface area contributed by atoms with Gasteiger partial charge in [0, 0.05) is 18.5 Å². The van der Waals surface area contributed by atoms with E-state index < -0.39 is 5.97 Å². The van der Waals surface area contributed by atoms with Gasteiger partial charge in [0.2, 0.25) is 5.88 Å². The number of carbonyl (C=O) groups is 1. The van der Waals surface area contributed by atoms with Crippen LogP contribution >= 0.6 is 0 Å². The lowest BCUT2D eigenvalue weighted by Crippen LogP contribution is -1.98. The molecule has 6 heteroatoms. The Hall–Kier alpha value is -2.94. The maximum absolute atomic E-state index is 10.7. The third-order valence-corrected chi connectivity index (χ3v) is 2.05. The minimum atomic E-state index is -1.08. The molecule has 88 valence electrons. The highest BCUT2D eigenvalue weighted by atomic mass is 16.5. The summed E-state index contributed by atoms with van der Waals surface area (Å²) in [7, 11) is 0. The van der Waals surface area contributed by atoms with Crippen molar-refractivity contribution in [3.05, 3.63) is 47.9 Å². The van der Waals surface area contributed by atoms with E-state index in [0.29, 0.717) is 5.56 Å². The van der Waals surface area contributed by atoms with Gasteiger partial charge in [-0.05, 0) is 12.1 Å². The molecule has 0 aromatic carbocycles. The van der Waals surface area contributed by atoms with Crippen LogP contribution in [0.1, 0.15) is 15.9 Å². The molecule has 2 aromatic heterocycles. The van der Waals surface area contributed by atoms with E-state index in [0.717, 1.165) is 0 Å². The molecule has 0 saturated heterocycles. The van der Waals surface area contributed by atoms with Crippen LogP contribution in [0, 0.1) is 11.3 Å². The molecule has 0 aliphatic rings. The summed E-state index contributed by atoms with van der Waals surface area (Å²) < 4.78 is 5.32. The predicted octanol–water partition coefficient (Wildman–Crippen LogP) is 1.84. The van der Waals surface area contributed by atoms with Crippen LogP contribution in [0.2, 0.25) is 0 Å². The Morgan fingerprint density at radius 1 is 1.33 bits per heavy atom. The first-order chi connectivity index (χ1) is 8.69. The maximum Gasteiger partial charge on any atom is 0.337 e. The molecule has 2 heterocycles. The van der Waals surface area contributed by atoms with Crippen LogP contribution in [0.3, 0.4) is 0 Å². The van der Waals surface area contributed by atoms with Gasteiger partial charge in [-0.3, -0.25) is 4.98 Å². The quantitative estimate of drug-likeness (QED) is 0.880. The number of carboxylic acids is 1. The molecule has 0 amide bonds. The highest BCUT2D eigenvalue weighted by Crippen LogP contribution is 2.19. The van der Waals surface area contributed by atoms with E-state index in [9.17, 15) is 4.79 Å². The van der Waals surface area contributed by atoms with E-state index in [1.54, 1.807) is 6.07 Å². The number of pyridine rings is 2. The number of aromatic nitrogens is 2. The second kappa shape index (κ2) is 4.93. The minimum absolute atomic E-state index is 0.0288. The van der Waals surface area contributed by atoms with E-state index in [-0.39, 0.29) is 17.2 Å². The average molecular weight is 241 g/mol. The van der Waals surface area contributed by atoms with Crippen molar-refractivity contribution < 1.29 is 14.6 Å². The second-order valence-electron chi connectivity index (χ2n) is 3.31. The lowest BCUT2D eigenvalue weighted by atomic mass is 10.3. The number of nitriles is 1. The number of nitrogens with zero attached hydrogens (tertiary/aromatic N) is 3. The zero-order valence-electron chi connectivity index (χ0n) is 9.07. The van der Waals surface area contributed by atoms with E-state index in [1.165, 1.54) is 30.7 Å². The first-order valence-electron chi connectivity index (χ1n) is 4.91. The summed E-state index contributed by atoms with van der Waals surface area (Å²) in [5, 5.41) is 17.4. The van der Waals surface area contributed by atoms with Gasteiger partial charge in [0.05, 0.1) is 17.3 Å². The molecule has 0 aliphatic heterocycles. The van der Waals surface area contributed by atoms with E-state index >= 15 is 0 Å². The predicted molar refractivity (Wildman–Crippen MR) is 60.2 cm³/mol. The largest absolute Gasteiger partial charge is 0.478 e. The summed E-state index contributed by atoms with van der Waals surface area (Å²) in [6.07, 6.45) is 3.97. The number of ether oxygens (including phenoxy) is 1. The lowest BCUT2D eigenvalue weighted by molar-refractivity contribution is 0.0696. The molecule has 0 fully saturated rings. The van der Waals surface area contributed by atoms with E-state index in [2.05, 4.69) is 9.97 Å². The van der Waals surface area contributed by atoms with Crippen LogP contribution < -0.4 is 4.74 Å². The van der Waals surface area contributed by atoms with Crippen molar-refractivity contribution in [2.45, 2.75) is 0 Å². The molecule has 0 spiro atoms. The van der Waals surface area contributed by atoms with Gasteiger partial charge < -0.3 is 9.84 Å².